The van der Waals surface area contributed by atoms with Crippen LogP contribution in [0.15, 0.2) is 42.5 Å². The van der Waals surface area contributed by atoms with Gasteiger partial charge < -0.3 is 10.0 Å². The lowest BCUT2D eigenvalue weighted by molar-refractivity contribution is 0.0692. The molecule has 0 unspecified atom stereocenters. The predicted molar refractivity (Wildman–Crippen MR) is 83.9 cm³/mol. The van der Waals surface area contributed by atoms with E-state index in [9.17, 15) is 19.1 Å². The predicted octanol–water partition coefficient (Wildman–Crippen LogP) is 3.43. The first-order valence-corrected chi connectivity index (χ1v) is 7.49. The Bertz CT molecular complexity index is 767. The van der Waals surface area contributed by atoms with Crippen molar-refractivity contribution in [2.45, 2.75) is 12.8 Å². The molecule has 2 aromatic rings. The number of carboxylic acids is 1. The first-order valence-electron chi connectivity index (χ1n) is 7.49. The number of nitrogens with zero attached hydrogens (tertiary/aromatic N) is 1. The Morgan fingerprint density at radius 3 is 2.43 bits per heavy atom. The number of carboxylic acid groups (broad SMARTS) is 1. The van der Waals surface area contributed by atoms with Crippen molar-refractivity contribution in [1.82, 2.24) is 4.90 Å². The molecule has 118 valence electrons. The van der Waals surface area contributed by atoms with Gasteiger partial charge in [0, 0.05) is 18.7 Å². The molecule has 0 aromatic heterocycles. The fourth-order valence-electron chi connectivity index (χ4n) is 2.90. The average molecular weight is 313 g/mol. The molecule has 0 atom stereocenters. The fourth-order valence-corrected chi connectivity index (χ4v) is 2.90. The minimum Gasteiger partial charge on any atom is -0.478 e. The van der Waals surface area contributed by atoms with Gasteiger partial charge in [0.05, 0.1) is 0 Å². The molecule has 2 aromatic carbocycles. The lowest BCUT2D eigenvalue weighted by Crippen LogP contribution is -2.27. The first kappa shape index (κ1) is 15.2. The quantitative estimate of drug-likeness (QED) is 0.944. The van der Waals surface area contributed by atoms with Gasteiger partial charge in [-0.2, -0.15) is 0 Å². The van der Waals surface area contributed by atoms with Crippen LogP contribution in [0.4, 0.5) is 4.39 Å². The van der Waals surface area contributed by atoms with Crippen molar-refractivity contribution in [3.8, 4) is 11.1 Å². The van der Waals surface area contributed by atoms with E-state index in [0.29, 0.717) is 11.1 Å². The van der Waals surface area contributed by atoms with Crippen molar-refractivity contribution in [1.29, 1.82) is 0 Å². The summed E-state index contributed by atoms with van der Waals surface area (Å²) in [6.07, 6.45) is 2.00. The zero-order valence-electron chi connectivity index (χ0n) is 12.5. The van der Waals surface area contributed by atoms with Crippen LogP contribution in [0.2, 0.25) is 0 Å². The standard InChI is InChI=1S/C18H16FNO3/c19-15-8-4-7-14(16(15)18(22)23)12-5-3-6-13(11-12)17(21)20-9-1-2-10-20/h3-8,11H,1-2,9-10H2,(H,22,23). The molecule has 1 heterocycles. The van der Waals surface area contributed by atoms with Crippen molar-refractivity contribution >= 4 is 11.9 Å². The Morgan fingerprint density at radius 1 is 1.04 bits per heavy atom. The molecular weight excluding hydrogens is 297 g/mol. The van der Waals surface area contributed by atoms with E-state index in [0.717, 1.165) is 32.0 Å². The molecule has 0 spiro atoms. The number of hydrogen-bond donors (Lipinski definition) is 1. The maximum absolute atomic E-state index is 13.8. The van der Waals surface area contributed by atoms with Crippen LogP contribution in [0.3, 0.4) is 0 Å². The largest absolute Gasteiger partial charge is 0.478 e. The van der Waals surface area contributed by atoms with E-state index in [-0.39, 0.29) is 17.0 Å². The molecule has 0 bridgehead atoms. The molecule has 1 N–H and O–H groups in total. The zero-order chi connectivity index (χ0) is 16.4. The molecule has 0 radical (unpaired) electrons. The molecule has 0 saturated carbocycles. The van der Waals surface area contributed by atoms with E-state index in [1.165, 1.54) is 6.07 Å². The maximum Gasteiger partial charge on any atom is 0.339 e. The van der Waals surface area contributed by atoms with Crippen molar-refractivity contribution in [2.75, 3.05) is 13.1 Å². The van der Waals surface area contributed by atoms with E-state index in [2.05, 4.69) is 0 Å². The van der Waals surface area contributed by atoms with Gasteiger partial charge in [0.2, 0.25) is 0 Å². The fraction of sp³-hybridized carbons (Fsp3) is 0.222. The Kier molecular flexibility index (Phi) is 4.10. The average Bonchev–Trinajstić information content (AvgIpc) is 3.08. The summed E-state index contributed by atoms with van der Waals surface area (Å²) in [6.45, 7) is 1.48. The number of benzene rings is 2. The van der Waals surface area contributed by atoms with Gasteiger partial charge in [-0.05, 0) is 42.2 Å². The number of amides is 1. The Morgan fingerprint density at radius 2 is 1.74 bits per heavy atom. The summed E-state index contributed by atoms with van der Waals surface area (Å²) in [5.74, 6) is -2.18. The van der Waals surface area contributed by atoms with Crippen molar-refractivity contribution in [3.05, 3.63) is 59.4 Å². The van der Waals surface area contributed by atoms with Crippen LogP contribution in [0, 0.1) is 5.82 Å². The molecule has 1 fully saturated rings. The zero-order valence-corrected chi connectivity index (χ0v) is 12.5. The highest BCUT2D eigenvalue weighted by atomic mass is 19.1. The highest BCUT2D eigenvalue weighted by Crippen LogP contribution is 2.27. The highest BCUT2D eigenvalue weighted by Gasteiger charge is 2.21. The van der Waals surface area contributed by atoms with Crippen molar-refractivity contribution in [3.63, 3.8) is 0 Å². The summed E-state index contributed by atoms with van der Waals surface area (Å²) in [4.78, 5) is 25.6. The van der Waals surface area contributed by atoms with Gasteiger partial charge in [0.1, 0.15) is 11.4 Å². The van der Waals surface area contributed by atoms with Crippen LogP contribution in [-0.2, 0) is 0 Å². The number of likely N-dealkylation sites (tertiary alicyclic amines) is 1. The summed E-state index contributed by atoms with van der Waals surface area (Å²) in [6, 6.07) is 10.8. The van der Waals surface area contributed by atoms with Crippen molar-refractivity contribution in [2.24, 2.45) is 0 Å². The second kappa shape index (κ2) is 6.20. The lowest BCUT2D eigenvalue weighted by atomic mass is 9.97. The van der Waals surface area contributed by atoms with Gasteiger partial charge in [0.25, 0.3) is 5.91 Å². The second-order valence-corrected chi connectivity index (χ2v) is 5.55. The Balaban J connectivity index is 2.02. The maximum atomic E-state index is 13.8. The van der Waals surface area contributed by atoms with E-state index in [4.69, 9.17) is 0 Å². The van der Waals surface area contributed by atoms with Crippen LogP contribution in [0.1, 0.15) is 33.6 Å². The molecule has 1 aliphatic rings. The molecule has 0 aliphatic carbocycles. The summed E-state index contributed by atoms with van der Waals surface area (Å²) in [7, 11) is 0. The first-order chi connectivity index (χ1) is 11.1. The Hall–Kier alpha value is -2.69. The van der Waals surface area contributed by atoms with Gasteiger partial charge in [-0.3, -0.25) is 4.79 Å². The smallest absolute Gasteiger partial charge is 0.339 e. The van der Waals surface area contributed by atoms with Crippen LogP contribution < -0.4 is 0 Å². The SMILES string of the molecule is O=C(O)c1c(F)cccc1-c1cccc(C(=O)N2CCCC2)c1. The minimum absolute atomic E-state index is 0.0716. The lowest BCUT2D eigenvalue weighted by Gasteiger charge is -2.16. The van der Waals surface area contributed by atoms with Gasteiger partial charge in [-0.15, -0.1) is 0 Å². The van der Waals surface area contributed by atoms with E-state index >= 15 is 0 Å². The van der Waals surface area contributed by atoms with Gasteiger partial charge >= 0.3 is 5.97 Å². The van der Waals surface area contributed by atoms with Crippen LogP contribution in [0.5, 0.6) is 0 Å². The summed E-state index contributed by atoms with van der Waals surface area (Å²) < 4.78 is 13.8. The van der Waals surface area contributed by atoms with Gasteiger partial charge in [-0.25, -0.2) is 9.18 Å². The highest BCUT2D eigenvalue weighted by molar-refractivity contribution is 5.99. The van der Waals surface area contributed by atoms with Crippen LogP contribution >= 0.6 is 0 Å². The van der Waals surface area contributed by atoms with Gasteiger partial charge in [-0.1, -0.05) is 24.3 Å². The number of hydrogen-bond acceptors (Lipinski definition) is 2. The normalized spacial score (nSPS) is 14.0. The number of rotatable bonds is 3. The van der Waals surface area contributed by atoms with Crippen LogP contribution in [0.25, 0.3) is 11.1 Å². The molecule has 1 aliphatic heterocycles. The molecule has 1 saturated heterocycles. The molecule has 4 nitrogen and oxygen atoms in total. The molecular formula is C18H16FNO3. The van der Waals surface area contributed by atoms with E-state index < -0.39 is 11.8 Å². The summed E-state index contributed by atoms with van der Waals surface area (Å²) in [5.41, 5.74) is 0.906. The third-order valence-corrected chi connectivity index (χ3v) is 4.04. The minimum atomic E-state index is -1.32. The van der Waals surface area contributed by atoms with Gasteiger partial charge in [0.15, 0.2) is 0 Å². The monoisotopic (exact) mass is 313 g/mol. The molecule has 5 heteroatoms. The van der Waals surface area contributed by atoms with Crippen LogP contribution in [-0.4, -0.2) is 35.0 Å². The van der Waals surface area contributed by atoms with E-state index in [1.807, 2.05) is 0 Å². The molecule has 3 rings (SSSR count). The molecule has 1 amide bonds. The van der Waals surface area contributed by atoms with Crippen molar-refractivity contribution < 1.29 is 19.1 Å². The Labute approximate surface area is 133 Å². The third kappa shape index (κ3) is 2.95. The second-order valence-electron chi connectivity index (χ2n) is 5.55. The topological polar surface area (TPSA) is 57.6 Å². The summed E-state index contributed by atoms with van der Waals surface area (Å²) in [5, 5.41) is 9.24. The molecule has 23 heavy (non-hydrogen) atoms. The number of carbonyl (C=O) groups excluding carboxylic acids is 1. The number of halogens is 1. The van der Waals surface area contributed by atoms with E-state index in [1.54, 1.807) is 35.2 Å². The third-order valence-electron chi connectivity index (χ3n) is 4.04. The number of carbonyl (C=O) groups is 2. The summed E-state index contributed by atoms with van der Waals surface area (Å²) >= 11 is 0. The number of aromatic carboxylic acids is 1.